The Morgan fingerprint density at radius 3 is 2.22 bits per heavy atom. The monoisotopic (exact) mass is 312 g/mol. The number of ether oxygens (including phenoxy) is 3. The van der Waals surface area contributed by atoms with Gasteiger partial charge in [0.15, 0.2) is 11.5 Å². The summed E-state index contributed by atoms with van der Waals surface area (Å²) in [6.45, 7) is 0. The topological polar surface area (TPSA) is 65.0 Å². The number of benzene rings is 3. The van der Waals surface area contributed by atoms with Crippen LogP contribution in [0.4, 0.5) is 0 Å². The van der Waals surface area contributed by atoms with Gasteiger partial charge in [-0.3, -0.25) is 0 Å². The molecule has 3 aromatic carbocycles. The molecule has 0 saturated carbocycles. The first-order valence-corrected chi connectivity index (χ1v) is 7.00. The number of hydrogen-bond acceptors (Lipinski definition) is 4. The summed E-state index contributed by atoms with van der Waals surface area (Å²) < 4.78 is 16.3. The molecule has 1 N–H and O–H groups in total. The predicted octanol–water partition coefficient (Wildman–Crippen LogP) is 3.72. The number of rotatable bonds is 4. The van der Waals surface area contributed by atoms with Gasteiger partial charge >= 0.3 is 5.97 Å². The quantitative estimate of drug-likeness (QED) is 0.744. The molecule has 3 aromatic rings. The largest absolute Gasteiger partial charge is 0.493 e. The van der Waals surface area contributed by atoms with Gasteiger partial charge in [0.1, 0.15) is 0 Å². The first-order valence-electron chi connectivity index (χ1n) is 7.00. The van der Waals surface area contributed by atoms with Gasteiger partial charge in [-0.15, -0.1) is 0 Å². The molecule has 5 heteroatoms. The molecule has 0 heterocycles. The molecule has 0 fully saturated rings. The van der Waals surface area contributed by atoms with Crippen molar-refractivity contribution in [1.82, 2.24) is 0 Å². The highest BCUT2D eigenvalue weighted by atomic mass is 16.5. The number of carboxylic acid groups (broad SMARTS) is 1. The highest BCUT2D eigenvalue weighted by Crippen LogP contribution is 2.46. The van der Waals surface area contributed by atoms with E-state index in [2.05, 4.69) is 0 Å². The van der Waals surface area contributed by atoms with Crippen molar-refractivity contribution >= 4 is 27.5 Å². The molecule has 0 amide bonds. The molecule has 0 unspecified atom stereocenters. The SMILES string of the molecule is COc1cc2c(C(=O)O)cc3ccccc3c2c(OC)c1OC. The van der Waals surface area contributed by atoms with Crippen molar-refractivity contribution in [2.45, 2.75) is 0 Å². The van der Waals surface area contributed by atoms with Gasteiger partial charge in [-0.25, -0.2) is 4.79 Å². The van der Waals surface area contributed by atoms with Gasteiger partial charge in [0.2, 0.25) is 5.75 Å². The lowest BCUT2D eigenvalue weighted by atomic mass is 9.95. The predicted molar refractivity (Wildman–Crippen MR) is 88.1 cm³/mol. The van der Waals surface area contributed by atoms with E-state index in [1.54, 1.807) is 12.1 Å². The van der Waals surface area contributed by atoms with E-state index < -0.39 is 5.97 Å². The third kappa shape index (κ3) is 2.21. The Kier molecular flexibility index (Phi) is 3.70. The van der Waals surface area contributed by atoms with Crippen LogP contribution in [0.3, 0.4) is 0 Å². The Labute approximate surface area is 133 Å². The summed E-state index contributed by atoms with van der Waals surface area (Å²) in [5.74, 6) is 0.320. The average Bonchev–Trinajstić information content (AvgIpc) is 2.58. The fraction of sp³-hybridized carbons (Fsp3) is 0.167. The van der Waals surface area contributed by atoms with Gasteiger partial charge in [-0.05, 0) is 22.9 Å². The van der Waals surface area contributed by atoms with Crippen molar-refractivity contribution in [3.05, 3.63) is 42.0 Å². The van der Waals surface area contributed by atoms with Gasteiger partial charge in [0.25, 0.3) is 0 Å². The highest BCUT2D eigenvalue weighted by molar-refractivity contribution is 6.19. The van der Waals surface area contributed by atoms with E-state index in [0.717, 1.165) is 10.8 Å². The van der Waals surface area contributed by atoms with Crippen LogP contribution in [0.2, 0.25) is 0 Å². The van der Waals surface area contributed by atoms with Gasteiger partial charge in [-0.2, -0.15) is 0 Å². The van der Waals surface area contributed by atoms with E-state index in [4.69, 9.17) is 14.2 Å². The summed E-state index contributed by atoms with van der Waals surface area (Å²) >= 11 is 0. The minimum absolute atomic E-state index is 0.193. The molecular formula is C18H16O5. The van der Waals surface area contributed by atoms with Gasteiger partial charge in [0.05, 0.1) is 26.9 Å². The first-order chi connectivity index (χ1) is 11.1. The van der Waals surface area contributed by atoms with Crippen molar-refractivity contribution < 1.29 is 24.1 Å². The molecule has 5 nitrogen and oxygen atoms in total. The summed E-state index contributed by atoms with van der Waals surface area (Å²) in [6, 6.07) is 10.9. The molecule has 0 aliphatic rings. The lowest BCUT2D eigenvalue weighted by Gasteiger charge is -2.17. The highest BCUT2D eigenvalue weighted by Gasteiger charge is 2.22. The lowest BCUT2D eigenvalue weighted by molar-refractivity contribution is 0.0699. The molecular weight excluding hydrogens is 296 g/mol. The molecule has 0 bridgehead atoms. The average molecular weight is 312 g/mol. The van der Waals surface area contributed by atoms with Crippen LogP contribution in [-0.2, 0) is 0 Å². The van der Waals surface area contributed by atoms with E-state index in [-0.39, 0.29) is 5.56 Å². The third-order valence-corrected chi connectivity index (χ3v) is 3.88. The maximum absolute atomic E-state index is 11.7. The summed E-state index contributed by atoms with van der Waals surface area (Å²) in [7, 11) is 4.55. The molecule has 0 aromatic heterocycles. The molecule has 0 atom stereocenters. The number of carboxylic acids is 1. The van der Waals surface area contributed by atoms with Gasteiger partial charge in [0, 0.05) is 10.8 Å². The van der Waals surface area contributed by atoms with Crippen molar-refractivity contribution in [2.75, 3.05) is 21.3 Å². The second-order valence-electron chi connectivity index (χ2n) is 5.02. The molecule has 3 rings (SSSR count). The molecule has 0 aliphatic carbocycles. The van der Waals surface area contributed by atoms with Crippen molar-refractivity contribution in [3.63, 3.8) is 0 Å². The fourth-order valence-electron chi connectivity index (χ4n) is 2.90. The Hall–Kier alpha value is -2.95. The van der Waals surface area contributed by atoms with Crippen LogP contribution >= 0.6 is 0 Å². The zero-order valence-corrected chi connectivity index (χ0v) is 13.0. The Balaban J connectivity index is 2.63. The van der Waals surface area contributed by atoms with Gasteiger partial charge in [-0.1, -0.05) is 24.3 Å². The van der Waals surface area contributed by atoms with E-state index in [1.165, 1.54) is 21.3 Å². The van der Waals surface area contributed by atoms with E-state index in [1.807, 2.05) is 24.3 Å². The molecule has 118 valence electrons. The van der Waals surface area contributed by atoms with Crippen molar-refractivity contribution in [2.24, 2.45) is 0 Å². The number of methoxy groups -OCH3 is 3. The normalized spacial score (nSPS) is 10.7. The summed E-state index contributed by atoms with van der Waals surface area (Å²) in [5.41, 5.74) is 0.193. The Bertz CT molecular complexity index is 914. The number of carbonyl (C=O) groups is 1. The minimum Gasteiger partial charge on any atom is -0.493 e. The maximum Gasteiger partial charge on any atom is 0.336 e. The molecule has 0 spiro atoms. The van der Waals surface area contributed by atoms with Crippen molar-refractivity contribution in [3.8, 4) is 17.2 Å². The van der Waals surface area contributed by atoms with Crippen LogP contribution in [0.25, 0.3) is 21.5 Å². The zero-order chi connectivity index (χ0) is 16.6. The molecule has 0 aliphatic heterocycles. The van der Waals surface area contributed by atoms with E-state index in [0.29, 0.717) is 28.0 Å². The first kappa shape index (κ1) is 15.0. The second kappa shape index (κ2) is 5.68. The van der Waals surface area contributed by atoms with Crippen LogP contribution in [0.1, 0.15) is 10.4 Å². The van der Waals surface area contributed by atoms with Gasteiger partial charge < -0.3 is 19.3 Å². The minimum atomic E-state index is -1.00. The van der Waals surface area contributed by atoms with Crippen LogP contribution in [-0.4, -0.2) is 32.4 Å². The lowest BCUT2D eigenvalue weighted by Crippen LogP contribution is -2.01. The fourth-order valence-corrected chi connectivity index (χ4v) is 2.90. The van der Waals surface area contributed by atoms with Crippen LogP contribution in [0.15, 0.2) is 36.4 Å². The molecule has 0 saturated heterocycles. The Morgan fingerprint density at radius 2 is 1.61 bits per heavy atom. The van der Waals surface area contributed by atoms with E-state index >= 15 is 0 Å². The maximum atomic E-state index is 11.7. The summed E-state index contributed by atoms with van der Waals surface area (Å²) in [6.07, 6.45) is 0. The summed E-state index contributed by atoms with van der Waals surface area (Å²) in [4.78, 5) is 11.7. The third-order valence-electron chi connectivity index (χ3n) is 3.88. The molecule has 23 heavy (non-hydrogen) atoms. The number of hydrogen-bond donors (Lipinski definition) is 1. The van der Waals surface area contributed by atoms with Crippen molar-refractivity contribution in [1.29, 1.82) is 0 Å². The second-order valence-corrected chi connectivity index (χ2v) is 5.02. The number of aromatic carboxylic acids is 1. The van der Waals surface area contributed by atoms with Crippen LogP contribution in [0.5, 0.6) is 17.2 Å². The summed E-state index contributed by atoms with van der Waals surface area (Å²) in [5, 5.41) is 12.5. The van der Waals surface area contributed by atoms with Crippen LogP contribution < -0.4 is 14.2 Å². The smallest absolute Gasteiger partial charge is 0.336 e. The zero-order valence-electron chi connectivity index (χ0n) is 13.0. The number of fused-ring (bicyclic) bond motifs is 3. The standard InChI is InChI=1S/C18H16O5/c1-21-14-9-12-13(18(19)20)8-10-6-4-5-7-11(10)15(12)17(23-3)16(14)22-2/h4-9H,1-3H3,(H,19,20). The Morgan fingerprint density at radius 1 is 0.913 bits per heavy atom. The van der Waals surface area contributed by atoms with E-state index in [9.17, 15) is 9.90 Å². The van der Waals surface area contributed by atoms with Crippen LogP contribution in [0, 0.1) is 0 Å². The molecule has 0 radical (unpaired) electrons.